The minimum Gasteiger partial charge on any atom is -0.468 e. The van der Waals surface area contributed by atoms with Gasteiger partial charge in [0, 0.05) is 11.6 Å². The van der Waals surface area contributed by atoms with E-state index < -0.39 is 0 Å². The largest absolute Gasteiger partial charge is 0.468 e. The summed E-state index contributed by atoms with van der Waals surface area (Å²) in [4.78, 5) is 19.1. The third kappa shape index (κ3) is 3.26. The number of carbonyl (C=O) groups excluding carboxylic acids is 1. The monoisotopic (exact) mass is 355 g/mol. The number of nitrogens with zero attached hydrogens (tertiary/aromatic N) is 3. The molecule has 2 aromatic rings. The molecule has 6 nitrogen and oxygen atoms in total. The Morgan fingerprint density at radius 2 is 2.19 bits per heavy atom. The zero-order valence-corrected chi connectivity index (χ0v) is 15.4. The van der Waals surface area contributed by atoms with Gasteiger partial charge in [-0.15, -0.1) is 0 Å². The zero-order valence-electron chi connectivity index (χ0n) is 15.4. The molecular weight excluding hydrogens is 330 g/mol. The van der Waals surface area contributed by atoms with Crippen LogP contribution in [0.5, 0.6) is 0 Å². The van der Waals surface area contributed by atoms with Crippen LogP contribution in [-0.2, 0) is 16.1 Å². The number of benzene rings is 1. The molecule has 1 aliphatic heterocycles. The normalized spacial score (nSPS) is 25.8. The molecule has 0 spiro atoms. The maximum atomic E-state index is 12.3. The molecule has 0 N–H and O–H groups in total. The van der Waals surface area contributed by atoms with Gasteiger partial charge >= 0.3 is 5.97 Å². The average molecular weight is 355 g/mol. The lowest BCUT2D eigenvalue weighted by atomic mass is 9.85. The fraction of sp³-hybridized carbons (Fsp3) is 0.550. The molecule has 0 amide bonds. The molecule has 4 rings (SSSR count). The second-order valence-corrected chi connectivity index (χ2v) is 7.44. The number of aryl methyl sites for hydroxylation is 1. The molecule has 0 radical (unpaired) electrons. The van der Waals surface area contributed by atoms with Gasteiger partial charge < -0.3 is 9.26 Å². The Hall–Kier alpha value is -2.21. The number of ether oxygens (including phenoxy) is 1. The van der Waals surface area contributed by atoms with Crippen LogP contribution in [-0.4, -0.2) is 40.2 Å². The number of aromatic nitrogens is 2. The van der Waals surface area contributed by atoms with Crippen LogP contribution in [0, 0.1) is 12.8 Å². The molecule has 0 bridgehead atoms. The number of hydrogen-bond acceptors (Lipinski definition) is 6. The number of esters is 1. The molecule has 26 heavy (non-hydrogen) atoms. The highest BCUT2D eigenvalue weighted by Gasteiger charge is 2.46. The molecular formula is C20H25N3O3. The number of likely N-dealkylation sites (tertiary alicyclic amines) is 1. The van der Waals surface area contributed by atoms with Crippen molar-refractivity contribution in [1.82, 2.24) is 15.0 Å². The molecule has 1 saturated carbocycles. The Bertz CT molecular complexity index is 788. The lowest BCUT2D eigenvalue weighted by Gasteiger charge is -2.32. The van der Waals surface area contributed by atoms with Crippen LogP contribution in [0.4, 0.5) is 0 Å². The van der Waals surface area contributed by atoms with Crippen molar-refractivity contribution < 1.29 is 14.1 Å². The number of fused-ring (bicyclic) bond motifs is 1. The summed E-state index contributed by atoms with van der Waals surface area (Å²) in [6.07, 6.45) is 5.64. The molecule has 2 aliphatic rings. The highest BCUT2D eigenvalue weighted by Crippen LogP contribution is 2.40. The summed E-state index contributed by atoms with van der Waals surface area (Å²) in [6.45, 7) is 2.54. The van der Waals surface area contributed by atoms with Gasteiger partial charge in [-0.3, -0.25) is 9.69 Å². The quantitative estimate of drug-likeness (QED) is 0.784. The Labute approximate surface area is 153 Å². The van der Waals surface area contributed by atoms with Gasteiger partial charge in [-0.25, -0.2) is 0 Å². The summed E-state index contributed by atoms with van der Waals surface area (Å²) in [5, 5.41) is 4.13. The summed E-state index contributed by atoms with van der Waals surface area (Å²) >= 11 is 0. The summed E-state index contributed by atoms with van der Waals surface area (Å²) in [7, 11) is 1.46. The van der Waals surface area contributed by atoms with Crippen LogP contribution in [0.25, 0.3) is 11.4 Å². The topological polar surface area (TPSA) is 68.5 Å². The lowest BCUT2D eigenvalue weighted by Crippen LogP contribution is -2.42. The maximum absolute atomic E-state index is 12.3. The van der Waals surface area contributed by atoms with Crippen LogP contribution in [0.15, 0.2) is 28.8 Å². The number of hydrogen-bond donors (Lipinski definition) is 0. The lowest BCUT2D eigenvalue weighted by molar-refractivity contribution is -0.146. The Balaban J connectivity index is 1.55. The van der Waals surface area contributed by atoms with Crippen LogP contribution in [0.1, 0.15) is 43.6 Å². The maximum Gasteiger partial charge on any atom is 0.323 e. The fourth-order valence-electron chi connectivity index (χ4n) is 4.52. The molecule has 0 unspecified atom stereocenters. The highest BCUT2D eigenvalue weighted by molar-refractivity contribution is 5.76. The number of methoxy groups -OCH3 is 1. The SMILES string of the molecule is COC(=O)[C@@H]1C[C@@H]2CCCC[C@H]2N1Cc1nc(-c2cccc(C)c2)no1. The van der Waals surface area contributed by atoms with E-state index >= 15 is 0 Å². The molecule has 1 aromatic heterocycles. The standard InChI is InChI=1S/C20H25N3O3/c1-13-6-5-8-15(10-13)19-21-18(26-22-19)12-23-16-9-4-3-7-14(16)11-17(23)20(24)25-2/h5-6,8,10,14,16-17H,3-4,7,9,11-12H2,1-2H3/t14-,16+,17-/m0/s1. The molecule has 138 valence electrons. The van der Waals surface area contributed by atoms with Gasteiger partial charge in [0.25, 0.3) is 0 Å². The third-order valence-corrected chi connectivity index (χ3v) is 5.76. The van der Waals surface area contributed by atoms with Crippen molar-refractivity contribution in [2.45, 2.75) is 57.7 Å². The average Bonchev–Trinajstić information content (AvgIpc) is 3.27. The van der Waals surface area contributed by atoms with E-state index in [1.165, 1.54) is 26.4 Å². The van der Waals surface area contributed by atoms with Gasteiger partial charge in [-0.05, 0) is 38.2 Å². The van der Waals surface area contributed by atoms with Crippen molar-refractivity contribution in [2.24, 2.45) is 5.92 Å². The van der Waals surface area contributed by atoms with E-state index in [2.05, 4.69) is 15.0 Å². The van der Waals surface area contributed by atoms with E-state index in [9.17, 15) is 4.79 Å². The van der Waals surface area contributed by atoms with E-state index in [1.807, 2.05) is 31.2 Å². The van der Waals surface area contributed by atoms with Crippen LogP contribution in [0.2, 0.25) is 0 Å². The molecule has 2 fully saturated rings. The summed E-state index contributed by atoms with van der Waals surface area (Å²) in [6, 6.07) is 8.25. The van der Waals surface area contributed by atoms with Crippen molar-refractivity contribution in [1.29, 1.82) is 0 Å². The van der Waals surface area contributed by atoms with Crippen LogP contribution >= 0.6 is 0 Å². The summed E-state index contributed by atoms with van der Waals surface area (Å²) < 4.78 is 10.6. The Morgan fingerprint density at radius 3 is 3.00 bits per heavy atom. The minimum atomic E-state index is -0.206. The van der Waals surface area contributed by atoms with Gasteiger partial charge in [0.1, 0.15) is 6.04 Å². The fourth-order valence-corrected chi connectivity index (χ4v) is 4.52. The molecule has 6 heteroatoms. The number of rotatable bonds is 4. The van der Waals surface area contributed by atoms with Gasteiger partial charge in [-0.1, -0.05) is 41.8 Å². The molecule has 1 aromatic carbocycles. The first-order chi connectivity index (χ1) is 12.7. The molecule has 2 heterocycles. The van der Waals surface area contributed by atoms with Gasteiger partial charge in [0.2, 0.25) is 11.7 Å². The number of carbonyl (C=O) groups is 1. The van der Waals surface area contributed by atoms with E-state index in [0.29, 0.717) is 30.2 Å². The van der Waals surface area contributed by atoms with Gasteiger partial charge in [0.15, 0.2) is 0 Å². The molecule has 3 atom stereocenters. The van der Waals surface area contributed by atoms with E-state index in [4.69, 9.17) is 9.26 Å². The van der Waals surface area contributed by atoms with E-state index in [0.717, 1.165) is 24.0 Å². The second-order valence-electron chi connectivity index (χ2n) is 7.44. The van der Waals surface area contributed by atoms with Crippen molar-refractivity contribution in [3.05, 3.63) is 35.7 Å². The highest BCUT2D eigenvalue weighted by atomic mass is 16.5. The van der Waals surface area contributed by atoms with Crippen LogP contribution < -0.4 is 0 Å². The second kappa shape index (κ2) is 7.19. The van der Waals surface area contributed by atoms with E-state index in [-0.39, 0.29) is 12.0 Å². The third-order valence-electron chi connectivity index (χ3n) is 5.76. The minimum absolute atomic E-state index is 0.155. The van der Waals surface area contributed by atoms with Crippen molar-refractivity contribution in [3.63, 3.8) is 0 Å². The first-order valence-corrected chi connectivity index (χ1v) is 9.39. The smallest absolute Gasteiger partial charge is 0.323 e. The van der Waals surface area contributed by atoms with Crippen molar-refractivity contribution in [3.8, 4) is 11.4 Å². The van der Waals surface area contributed by atoms with Gasteiger partial charge in [-0.2, -0.15) is 4.98 Å². The first kappa shape index (κ1) is 17.2. The van der Waals surface area contributed by atoms with Crippen LogP contribution in [0.3, 0.4) is 0 Å². The Morgan fingerprint density at radius 1 is 1.35 bits per heavy atom. The predicted octanol–water partition coefficient (Wildman–Crippen LogP) is 3.35. The van der Waals surface area contributed by atoms with Crippen molar-refractivity contribution in [2.75, 3.05) is 7.11 Å². The predicted molar refractivity (Wildman–Crippen MR) is 96.2 cm³/mol. The van der Waals surface area contributed by atoms with Gasteiger partial charge in [0.05, 0.1) is 13.7 Å². The van der Waals surface area contributed by atoms with E-state index in [1.54, 1.807) is 0 Å². The first-order valence-electron chi connectivity index (χ1n) is 9.39. The summed E-state index contributed by atoms with van der Waals surface area (Å²) in [5.74, 6) is 1.56. The summed E-state index contributed by atoms with van der Waals surface area (Å²) in [5.41, 5.74) is 2.10. The molecule has 1 aliphatic carbocycles. The molecule has 1 saturated heterocycles. The zero-order chi connectivity index (χ0) is 18.1. The van der Waals surface area contributed by atoms with Crippen molar-refractivity contribution >= 4 is 5.97 Å². The Kier molecular flexibility index (Phi) is 4.76.